The van der Waals surface area contributed by atoms with Crippen LogP contribution in [0.5, 0.6) is 5.75 Å². The quantitative estimate of drug-likeness (QED) is 0.392. The van der Waals surface area contributed by atoms with E-state index in [4.69, 9.17) is 9.15 Å². The Morgan fingerprint density at radius 2 is 1.76 bits per heavy atom. The Balaban J connectivity index is 2.01. The first kappa shape index (κ1) is 20.9. The summed E-state index contributed by atoms with van der Waals surface area (Å²) in [7, 11) is -3.99. The van der Waals surface area contributed by atoms with E-state index in [-0.39, 0.29) is 21.7 Å². The SMILES string of the molecule is CCCCNc1oc(-c2ccc(OCC)cc2)nc1S(=O)(=O)c1ccc(F)cc1. The van der Waals surface area contributed by atoms with Crippen molar-refractivity contribution in [1.82, 2.24) is 4.98 Å². The number of benzene rings is 2. The predicted octanol–water partition coefficient (Wildman–Crippen LogP) is 4.92. The van der Waals surface area contributed by atoms with E-state index in [0.29, 0.717) is 24.5 Å². The van der Waals surface area contributed by atoms with Crippen molar-refractivity contribution in [2.24, 2.45) is 0 Å². The van der Waals surface area contributed by atoms with Crippen molar-refractivity contribution in [2.75, 3.05) is 18.5 Å². The van der Waals surface area contributed by atoms with Crippen LogP contribution in [0.1, 0.15) is 26.7 Å². The topological polar surface area (TPSA) is 81.4 Å². The fourth-order valence-corrected chi connectivity index (χ4v) is 3.97. The summed E-state index contributed by atoms with van der Waals surface area (Å²) in [5.41, 5.74) is 0.618. The summed E-state index contributed by atoms with van der Waals surface area (Å²) in [5, 5.41) is 2.80. The summed E-state index contributed by atoms with van der Waals surface area (Å²) < 4.78 is 50.6. The van der Waals surface area contributed by atoms with Gasteiger partial charge in [-0.05, 0) is 61.9 Å². The van der Waals surface area contributed by atoms with Crippen molar-refractivity contribution in [1.29, 1.82) is 0 Å². The second-order valence-corrected chi connectivity index (χ2v) is 8.21. The number of rotatable bonds is 9. The minimum Gasteiger partial charge on any atom is -0.494 e. The zero-order chi connectivity index (χ0) is 20.9. The summed E-state index contributed by atoms with van der Waals surface area (Å²) >= 11 is 0. The Hall–Kier alpha value is -2.87. The van der Waals surface area contributed by atoms with Crippen molar-refractivity contribution >= 4 is 15.7 Å². The lowest BCUT2D eigenvalue weighted by atomic mass is 10.2. The van der Waals surface area contributed by atoms with Gasteiger partial charge in [0.15, 0.2) is 0 Å². The molecule has 1 aromatic heterocycles. The molecule has 3 aromatic rings. The fraction of sp³-hybridized carbons (Fsp3) is 0.286. The molecule has 0 fully saturated rings. The van der Waals surface area contributed by atoms with Crippen LogP contribution in [0.4, 0.5) is 10.3 Å². The maximum absolute atomic E-state index is 13.2. The highest BCUT2D eigenvalue weighted by Gasteiger charge is 2.28. The number of unbranched alkanes of at least 4 members (excludes halogenated alkanes) is 1. The van der Waals surface area contributed by atoms with E-state index in [2.05, 4.69) is 10.3 Å². The van der Waals surface area contributed by atoms with Gasteiger partial charge in [0.1, 0.15) is 11.6 Å². The Morgan fingerprint density at radius 1 is 1.07 bits per heavy atom. The lowest BCUT2D eigenvalue weighted by molar-refractivity contribution is 0.340. The Labute approximate surface area is 169 Å². The summed E-state index contributed by atoms with van der Waals surface area (Å²) in [6, 6.07) is 11.7. The molecule has 8 heteroatoms. The van der Waals surface area contributed by atoms with Crippen LogP contribution in [0.3, 0.4) is 0 Å². The van der Waals surface area contributed by atoms with Crippen LogP contribution in [0.15, 0.2) is 62.9 Å². The molecule has 0 amide bonds. The van der Waals surface area contributed by atoms with Gasteiger partial charge in [0.05, 0.1) is 11.5 Å². The number of aromatic nitrogens is 1. The second kappa shape index (κ2) is 9.09. The molecular weight excluding hydrogens is 395 g/mol. The Bertz CT molecular complexity index is 1050. The number of anilines is 1. The van der Waals surface area contributed by atoms with Crippen molar-refractivity contribution < 1.29 is 22.0 Å². The van der Waals surface area contributed by atoms with Gasteiger partial charge in [-0.25, -0.2) is 12.8 Å². The molecule has 6 nitrogen and oxygen atoms in total. The lowest BCUT2D eigenvalue weighted by Gasteiger charge is -2.05. The van der Waals surface area contributed by atoms with Crippen molar-refractivity contribution in [3.63, 3.8) is 0 Å². The smallest absolute Gasteiger partial charge is 0.233 e. The summed E-state index contributed by atoms with van der Waals surface area (Å²) in [6.07, 6.45) is 1.78. The van der Waals surface area contributed by atoms with Crippen LogP contribution in [-0.4, -0.2) is 26.6 Å². The van der Waals surface area contributed by atoms with Crippen molar-refractivity contribution in [3.05, 3.63) is 54.3 Å². The normalized spacial score (nSPS) is 11.4. The van der Waals surface area contributed by atoms with Gasteiger partial charge in [0.2, 0.25) is 26.6 Å². The number of hydrogen-bond donors (Lipinski definition) is 1. The van der Waals surface area contributed by atoms with Crippen LogP contribution >= 0.6 is 0 Å². The van der Waals surface area contributed by atoms with Crippen LogP contribution < -0.4 is 10.1 Å². The molecule has 0 unspecified atom stereocenters. The average molecular weight is 418 g/mol. The zero-order valence-electron chi connectivity index (χ0n) is 16.3. The number of nitrogens with zero attached hydrogens (tertiary/aromatic N) is 1. The van der Waals surface area contributed by atoms with Gasteiger partial charge in [0, 0.05) is 12.1 Å². The van der Waals surface area contributed by atoms with Crippen LogP contribution in [0.25, 0.3) is 11.5 Å². The number of halogens is 1. The molecule has 1 N–H and O–H groups in total. The number of hydrogen-bond acceptors (Lipinski definition) is 6. The molecule has 2 aromatic carbocycles. The second-order valence-electron chi connectivity index (χ2n) is 6.35. The van der Waals surface area contributed by atoms with E-state index >= 15 is 0 Å². The molecule has 0 spiro atoms. The summed E-state index contributed by atoms with van der Waals surface area (Å²) in [6.45, 7) is 5.01. The van der Waals surface area contributed by atoms with Gasteiger partial charge < -0.3 is 14.5 Å². The third kappa shape index (κ3) is 4.76. The highest BCUT2D eigenvalue weighted by Crippen LogP contribution is 2.33. The van der Waals surface area contributed by atoms with E-state index in [1.54, 1.807) is 24.3 Å². The maximum atomic E-state index is 13.2. The first-order chi connectivity index (χ1) is 14.0. The number of oxazole rings is 1. The molecule has 0 aliphatic heterocycles. The first-order valence-corrected chi connectivity index (χ1v) is 10.9. The summed E-state index contributed by atoms with van der Waals surface area (Å²) in [4.78, 5) is 4.20. The molecule has 0 atom stereocenters. The Kier molecular flexibility index (Phi) is 6.53. The number of sulfone groups is 1. The van der Waals surface area contributed by atoms with Gasteiger partial charge in [-0.2, -0.15) is 4.98 Å². The van der Waals surface area contributed by atoms with E-state index in [0.717, 1.165) is 25.0 Å². The van der Waals surface area contributed by atoms with Gasteiger partial charge >= 0.3 is 0 Å². The molecule has 3 rings (SSSR count). The molecule has 0 saturated carbocycles. The standard InChI is InChI=1S/C21H23FN2O4S/c1-3-5-14-23-20-21(29(25,26)18-12-8-16(22)9-13-18)24-19(28-20)15-6-10-17(11-7-15)27-4-2/h6-13,23H,3-5,14H2,1-2H3. The van der Waals surface area contributed by atoms with Gasteiger partial charge in [-0.3, -0.25) is 0 Å². The third-order valence-corrected chi connectivity index (χ3v) is 5.88. The molecule has 154 valence electrons. The maximum Gasteiger partial charge on any atom is 0.233 e. The highest BCUT2D eigenvalue weighted by molar-refractivity contribution is 7.91. The molecular formula is C21H23FN2O4S. The van der Waals surface area contributed by atoms with E-state index < -0.39 is 15.7 Å². The minimum atomic E-state index is -3.99. The van der Waals surface area contributed by atoms with Crippen molar-refractivity contribution in [2.45, 2.75) is 36.6 Å². The van der Waals surface area contributed by atoms with E-state index in [1.807, 2.05) is 13.8 Å². The molecule has 0 aliphatic carbocycles. The Morgan fingerprint density at radius 3 is 2.38 bits per heavy atom. The molecule has 0 saturated heterocycles. The molecule has 0 bridgehead atoms. The number of ether oxygens (including phenoxy) is 1. The van der Waals surface area contributed by atoms with Crippen LogP contribution in [-0.2, 0) is 9.84 Å². The van der Waals surface area contributed by atoms with Crippen LogP contribution in [0, 0.1) is 5.82 Å². The van der Waals surface area contributed by atoms with Crippen molar-refractivity contribution in [3.8, 4) is 17.2 Å². The third-order valence-electron chi connectivity index (χ3n) is 4.20. The van der Waals surface area contributed by atoms with E-state index in [9.17, 15) is 12.8 Å². The highest BCUT2D eigenvalue weighted by atomic mass is 32.2. The average Bonchev–Trinajstić information content (AvgIpc) is 3.14. The minimum absolute atomic E-state index is 0.0519. The fourth-order valence-electron chi connectivity index (χ4n) is 2.69. The predicted molar refractivity (Wildman–Crippen MR) is 108 cm³/mol. The van der Waals surface area contributed by atoms with Gasteiger partial charge in [-0.15, -0.1) is 0 Å². The van der Waals surface area contributed by atoms with Crippen LogP contribution in [0.2, 0.25) is 0 Å². The van der Waals surface area contributed by atoms with Gasteiger partial charge in [0.25, 0.3) is 0 Å². The number of nitrogens with one attached hydrogen (secondary N) is 1. The van der Waals surface area contributed by atoms with E-state index in [1.165, 1.54) is 12.1 Å². The largest absolute Gasteiger partial charge is 0.494 e. The lowest BCUT2D eigenvalue weighted by Crippen LogP contribution is -2.08. The van der Waals surface area contributed by atoms with Gasteiger partial charge in [-0.1, -0.05) is 13.3 Å². The zero-order valence-corrected chi connectivity index (χ0v) is 17.1. The summed E-state index contributed by atoms with van der Waals surface area (Å²) in [5.74, 6) is 0.433. The molecule has 29 heavy (non-hydrogen) atoms. The molecule has 0 radical (unpaired) electrons. The molecule has 0 aliphatic rings. The monoisotopic (exact) mass is 418 g/mol. The molecule has 1 heterocycles. The first-order valence-electron chi connectivity index (χ1n) is 9.44.